The normalized spacial score (nSPS) is 11.9. The summed E-state index contributed by atoms with van der Waals surface area (Å²) in [5.74, 6) is -1.54. The minimum Gasteiger partial charge on any atom is -0.445 e. The monoisotopic (exact) mass is 535 g/mol. The van der Waals surface area contributed by atoms with Crippen LogP contribution in [0, 0.1) is 10.1 Å². The largest absolute Gasteiger partial charge is 0.445 e. The Hall–Kier alpha value is -4.34. The minimum atomic E-state index is -4.26. The Balaban J connectivity index is 1.72. The fourth-order valence-electron chi connectivity index (χ4n) is 3.58. The van der Waals surface area contributed by atoms with Crippen LogP contribution in [0.2, 0.25) is 5.02 Å². The molecule has 0 aromatic heterocycles. The molecule has 0 spiro atoms. The van der Waals surface area contributed by atoms with E-state index < -0.39 is 32.6 Å². The maximum Gasteiger partial charge on any atom is 0.340 e. The van der Waals surface area contributed by atoms with Gasteiger partial charge in [-0.2, -0.15) is 0 Å². The topological polar surface area (TPSA) is 121 Å². The van der Waals surface area contributed by atoms with Gasteiger partial charge in [-0.1, -0.05) is 66.2 Å². The van der Waals surface area contributed by atoms with E-state index >= 15 is 0 Å². The first-order chi connectivity index (χ1) is 17.7. The Morgan fingerprint density at radius 2 is 1.41 bits per heavy atom. The van der Waals surface area contributed by atoms with Crippen molar-refractivity contribution >= 4 is 38.9 Å². The van der Waals surface area contributed by atoms with Crippen LogP contribution in [0.25, 0.3) is 0 Å². The highest BCUT2D eigenvalue weighted by atomic mass is 35.5. The zero-order valence-corrected chi connectivity index (χ0v) is 20.6. The summed E-state index contributed by atoms with van der Waals surface area (Å²) in [6.07, 6.45) is -1.37. The summed E-state index contributed by atoms with van der Waals surface area (Å²) in [7, 11) is -4.26. The molecule has 0 N–H and O–H groups in total. The molecule has 10 heteroatoms. The van der Waals surface area contributed by atoms with Crippen LogP contribution in [-0.2, 0) is 14.6 Å². The molecule has 0 radical (unpaired) electrons. The van der Waals surface area contributed by atoms with Gasteiger partial charge in [0.1, 0.15) is 0 Å². The second-order valence-electron chi connectivity index (χ2n) is 7.82. The Labute approximate surface area is 217 Å². The third-order valence-corrected chi connectivity index (χ3v) is 7.53. The lowest BCUT2D eigenvalue weighted by molar-refractivity contribution is -0.384. The average Bonchev–Trinajstić information content (AvgIpc) is 2.92. The van der Waals surface area contributed by atoms with Crippen molar-refractivity contribution in [1.29, 1.82) is 0 Å². The number of ether oxygens (including phenoxy) is 1. The number of carbonyl (C=O) groups is 2. The van der Waals surface area contributed by atoms with Crippen LogP contribution in [0.15, 0.2) is 113 Å². The van der Waals surface area contributed by atoms with Gasteiger partial charge in [-0.05, 0) is 36.4 Å². The number of non-ortho nitro benzene ring substituents is 1. The molecular weight excluding hydrogens is 518 g/mol. The second-order valence-corrected chi connectivity index (χ2v) is 10.2. The van der Waals surface area contributed by atoms with Crippen molar-refractivity contribution in [2.75, 3.05) is 0 Å². The summed E-state index contributed by atoms with van der Waals surface area (Å²) in [5.41, 5.74) is 0.0712. The summed E-state index contributed by atoms with van der Waals surface area (Å²) < 4.78 is 32.3. The maximum absolute atomic E-state index is 13.3. The average molecular weight is 536 g/mol. The Kier molecular flexibility index (Phi) is 7.47. The highest BCUT2D eigenvalue weighted by Gasteiger charge is 2.30. The highest BCUT2D eigenvalue weighted by Crippen LogP contribution is 2.29. The van der Waals surface area contributed by atoms with Crippen LogP contribution in [-0.4, -0.2) is 25.1 Å². The quantitative estimate of drug-likeness (QED) is 0.120. The molecule has 0 heterocycles. The van der Waals surface area contributed by atoms with E-state index in [0.717, 1.165) is 24.3 Å². The lowest BCUT2D eigenvalue weighted by Crippen LogP contribution is -2.21. The Morgan fingerprint density at radius 3 is 2.03 bits per heavy atom. The Bertz CT molecular complexity index is 1570. The number of esters is 1. The molecule has 4 rings (SSSR count). The van der Waals surface area contributed by atoms with Crippen molar-refractivity contribution in [3.63, 3.8) is 0 Å². The van der Waals surface area contributed by atoms with Gasteiger partial charge in [0.05, 0.1) is 20.3 Å². The number of benzene rings is 4. The molecule has 0 bridgehead atoms. The van der Waals surface area contributed by atoms with E-state index in [1.165, 1.54) is 24.3 Å². The second kappa shape index (κ2) is 10.7. The molecule has 1 atom stereocenters. The SMILES string of the molecule is O=C(O[C@H](C(=O)c1ccccc1)c1ccc(Cl)cc1)c1ccccc1S(=O)(=O)c1ccc([N+](=O)[O-])cc1. The first-order valence-electron chi connectivity index (χ1n) is 10.8. The van der Waals surface area contributed by atoms with Crippen molar-refractivity contribution in [3.8, 4) is 0 Å². The zero-order valence-electron chi connectivity index (χ0n) is 19.0. The first-order valence-corrected chi connectivity index (χ1v) is 12.7. The molecule has 0 unspecified atom stereocenters. The van der Waals surface area contributed by atoms with Crippen LogP contribution in [0.5, 0.6) is 0 Å². The summed E-state index contributed by atoms with van der Waals surface area (Å²) >= 11 is 5.97. The molecule has 186 valence electrons. The number of Topliss-reactive ketones (excluding diaryl/α,β-unsaturated/α-hetero) is 1. The number of rotatable bonds is 8. The Morgan fingerprint density at radius 1 is 0.811 bits per heavy atom. The van der Waals surface area contributed by atoms with E-state index in [2.05, 4.69) is 0 Å². The standard InChI is InChI=1S/C27H18ClNO7S/c28-20-12-10-19(11-13-20)26(25(30)18-6-2-1-3-7-18)36-27(31)23-8-4-5-9-24(23)37(34,35)22-16-14-21(15-17-22)29(32)33/h1-17,26H/t26-/m0/s1. The van der Waals surface area contributed by atoms with Gasteiger partial charge in [0.15, 0.2) is 6.10 Å². The molecule has 0 fully saturated rings. The molecule has 4 aromatic carbocycles. The highest BCUT2D eigenvalue weighted by molar-refractivity contribution is 7.91. The predicted octanol–water partition coefficient (Wildman–Crippen LogP) is 5.86. The fraction of sp³-hybridized carbons (Fsp3) is 0.0370. The number of nitro benzene ring substituents is 1. The van der Waals surface area contributed by atoms with E-state index in [-0.39, 0.29) is 21.0 Å². The van der Waals surface area contributed by atoms with Gasteiger partial charge in [-0.15, -0.1) is 0 Å². The summed E-state index contributed by atoms with van der Waals surface area (Å²) in [6.45, 7) is 0. The van der Waals surface area contributed by atoms with Crippen LogP contribution >= 0.6 is 11.6 Å². The maximum atomic E-state index is 13.3. The molecule has 4 aromatic rings. The third-order valence-electron chi connectivity index (χ3n) is 5.45. The number of carbonyl (C=O) groups excluding carboxylic acids is 2. The third kappa shape index (κ3) is 5.58. The molecule has 0 aliphatic carbocycles. The van der Waals surface area contributed by atoms with Crippen molar-refractivity contribution in [2.24, 2.45) is 0 Å². The van der Waals surface area contributed by atoms with Crippen LogP contribution in [0.3, 0.4) is 0 Å². The number of nitro groups is 1. The van der Waals surface area contributed by atoms with E-state index in [4.69, 9.17) is 16.3 Å². The molecule has 0 saturated heterocycles. The number of ketones is 1. The minimum absolute atomic E-state index is 0.243. The van der Waals surface area contributed by atoms with Gasteiger partial charge >= 0.3 is 5.97 Å². The first kappa shape index (κ1) is 25.7. The van der Waals surface area contributed by atoms with Crippen molar-refractivity contribution in [1.82, 2.24) is 0 Å². The van der Waals surface area contributed by atoms with Gasteiger partial charge in [-0.3, -0.25) is 14.9 Å². The van der Waals surface area contributed by atoms with Crippen molar-refractivity contribution in [3.05, 3.63) is 135 Å². The van der Waals surface area contributed by atoms with Crippen LogP contribution < -0.4 is 0 Å². The number of nitrogens with zero attached hydrogens (tertiary/aromatic N) is 1. The van der Waals surface area contributed by atoms with E-state index in [1.807, 2.05) is 0 Å². The molecule has 37 heavy (non-hydrogen) atoms. The van der Waals surface area contributed by atoms with Gasteiger partial charge in [0.25, 0.3) is 5.69 Å². The smallest absolute Gasteiger partial charge is 0.340 e. The number of hydrogen-bond donors (Lipinski definition) is 0. The predicted molar refractivity (Wildman–Crippen MR) is 135 cm³/mol. The van der Waals surface area contributed by atoms with E-state index in [9.17, 15) is 28.1 Å². The number of sulfone groups is 1. The zero-order chi connectivity index (χ0) is 26.6. The van der Waals surface area contributed by atoms with Gasteiger partial charge in [0, 0.05) is 28.3 Å². The van der Waals surface area contributed by atoms with Gasteiger partial charge in [-0.25, -0.2) is 13.2 Å². The van der Waals surface area contributed by atoms with Crippen molar-refractivity contribution < 1.29 is 27.7 Å². The molecule has 0 aliphatic rings. The summed E-state index contributed by atoms with van der Waals surface area (Å²) in [6, 6.07) is 24.1. The summed E-state index contributed by atoms with van der Waals surface area (Å²) in [4.78, 5) is 36.3. The molecular formula is C27H18ClNO7S. The summed E-state index contributed by atoms with van der Waals surface area (Å²) in [5, 5.41) is 11.3. The molecule has 0 amide bonds. The molecule has 0 saturated carbocycles. The van der Waals surface area contributed by atoms with E-state index in [0.29, 0.717) is 16.1 Å². The van der Waals surface area contributed by atoms with Crippen LogP contribution in [0.4, 0.5) is 5.69 Å². The lowest BCUT2D eigenvalue weighted by atomic mass is 9.99. The number of halogens is 1. The molecule has 0 aliphatic heterocycles. The fourth-order valence-corrected chi connectivity index (χ4v) is 5.15. The van der Waals surface area contributed by atoms with Gasteiger partial charge < -0.3 is 4.74 Å². The van der Waals surface area contributed by atoms with Gasteiger partial charge in [0.2, 0.25) is 15.6 Å². The molecule has 8 nitrogen and oxygen atoms in total. The lowest BCUT2D eigenvalue weighted by Gasteiger charge is -2.19. The number of hydrogen-bond acceptors (Lipinski definition) is 7. The van der Waals surface area contributed by atoms with E-state index in [1.54, 1.807) is 54.6 Å². The van der Waals surface area contributed by atoms with Crippen molar-refractivity contribution in [2.45, 2.75) is 15.9 Å². The van der Waals surface area contributed by atoms with Crippen LogP contribution in [0.1, 0.15) is 32.4 Å².